The van der Waals surface area contributed by atoms with Crippen LogP contribution in [0, 0.1) is 0 Å². The van der Waals surface area contributed by atoms with E-state index in [0.29, 0.717) is 0 Å². The van der Waals surface area contributed by atoms with Crippen LogP contribution in [0.4, 0.5) is 0 Å². The smallest absolute Gasteiger partial charge is 0.294 e. The maximum Gasteiger partial charge on any atom is 0.294 e. The second-order valence-corrected chi connectivity index (χ2v) is 7.19. The van der Waals surface area contributed by atoms with Gasteiger partial charge in [-0.1, -0.05) is 0 Å². The van der Waals surface area contributed by atoms with Crippen molar-refractivity contribution >= 4 is 32.8 Å². The fourth-order valence-corrected chi connectivity index (χ4v) is 3.29. The molecule has 3 rings (SSSR count). The number of hydrogen-bond acceptors (Lipinski definition) is 5. The third-order valence-corrected chi connectivity index (χ3v) is 4.97. The average Bonchev–Trinajstić information content (AvgIpc) is 2.50. The van der Waals surface area contributed by atoms with E-state index < -0.39 is 37.7 Å². The lowest BCUT2D eigenvalue weighted by molar-refractivity contribution is 0.0978. The van der Waals surface area contributed by atoms with Crippen LogP contribution in [0.5, 0.6) is 0 Å². The third-order valence-electron chi connectivity index (χ3n) is 3.46. The molecule has 2 N–H and O–H groups in total. The molecule has 118 valence electrons. The maximum atomic E-state index is 12.4. The van der Waals surface area contributed by atoms with Gasteiger partial charge in [-0.2, -0.15) is 8.42 Å². The standard InChI is InChI=1S/C14H8O7S2/c15-13-10-4-2-8(23(19,20)21)6-12(10)14(16)9-3-1-7(22(17)18)5-11(9)13/h1-6H,(H,17,18)(H,19,20,21). The SMILES string of the molecule is O=C1c2ccc(S(=O)(=O)O)cc2C(=O)c2ccc(S(=O)O)cc21. The van der Waals surface area contributed by atoms with E-state index in [2.05, 4.69) is 0 Å². The van der Waals surface area contributed by atoms with E-state index in [1.165, 1.54) is 12.1 Å². The molecule has 0 aromatic heterocycles. The predicted octanol–water partition coefficient (Wildman–Crippen LogP) is 1.29. The fourth-order valence-electron chi connectivity index (χ4n) is 2.38. The molecule has 0 aliphatic heterocycles. The Kier molecular flexibility index (Phi) is 3.52. The Labute approximate surface area is 133 Å². The summed E-state index contributed by atoms with van der Waals surface area (Å²) >= 11 is -2.30. The average molecular weight is 352 g/mol. The molecular formula is C14H8O7S2. The Balaban J connectivity index is 2.24. The quantitative estimate of drug-likeness (QED) is 0.525. The first-order valence-electron chi connectivity index (χ1n) is 6.16. The minimum Gasteiger partial charge on any atom is -0.302 e. The molecule has 1 unspecified atom stereocenters. The summed E-state index contributed by atoms with van der Waals surface area (Å²) < 4.78 is 51.6. The first-order valence-corrected chi connectivity index (χ1v) is 8.70. The number of fused-ring (bicyclic) bond motifs is 2. The van der Waals surface area contributed by atoms with E-state index in [4.69, 9.17) is 9.11 Å². The van der Waals surface area contributed by atoms with Crippen LogP contribution in [0.15, 0.2) is 46.2 Å². The van der Waals surface area contributed by atoms with E-state index in [1.807, 2.05) is 0 Å². The number of rotatable bonds is 2. The lowest BCUT2D eigenvalue weighted by atomic mass is 9.84. The van der Waals surface area contributed by atoms with Crippen molar-refractivity contribution in [3.05, 3.63) is 58.7 Å². The van der Waals surface area contributed by atoms with Gasteiger partial charge in [-0.05, 0) is 36.4 Å². The Morgan fingerprint density at radius 2 is 1.35 bits per heavy atom. The van der Waals surface area contributed by atoms with Crippen LogP contribution in [0.1, 0.15) is 31.8 Å². The van der Waals surface area contributed by atoms with Crippen molar-refractivity contribution in [1.29, 1.82) is 0 Å². The molecule has 0 radical (unpaired) electrons. The van der Waals surface area contributed by atoms with Crippen LogP contribution in [0.2, 0.25) is 0 Å². The first kappa shape index (κ1) is 15.7. The predicted molar refractivity (Wildman–Crippen MR) is 78.6 cm³/mol. The van der Waals surface area contributed by atoms with Crippen LogP contribution in [0.25, 0.3) is 0 Å². The molecule has 9 heteroatoms. The summed E-state index contributed by atoms with van der Waals surface area (Å²) in [5, 5.41) is 0. The fraction of sp³-hybridized carbons (Fsp3) is 0. The van der Waals surface area contributed by atoms with Crippen molar-refractivity contribution in [2.24, 2.45) is 0 Å². The summed E-state index contributed by atoms with van der Waals surface area (Å²) in [5.41, 5.74) is -0.197. The number of ketones is 2. The van der Waals surface area contributed by atoms with Crippen molar-refractivity contribution in [2.75, 3.05) is 0 Å². The normalized spacial score (nSPS) is 15.0. The van der Waals surface area contributed by atoms with E-state index in [-0.39, 0.29) is 27.1 Å². The van der Waals surface area contributed by atoms with E-state index >= 15 is 0 Å². The van der Waals surface area contributed by atoms with Gasteiger partial charge in [0.25, 0.3) is 10.1 Å². The molecule has 1 aliphatic carbocycles. The Morgan fingerprint density at radius 1 is 0.826 bits per heavy atom. The minimum atomic E-state index is -4.51. The van der Waals surface area contributed by atoms with Gasteiger partial charge in [0.1, 0.15) is 0 Å². The van der Waals surface area contributed by atoms with Gasteiger partial charge in [0.2, 0.25) is 0 Å². The molecule has 0 bridgehead atoms. The molecule has 2 aromatic carbocycles. The minimum absolute atomic E-state index is 0.00388. The van der Waals surface area contributed by atoms with Crippen molar-refractivity contribution in [3.63, 3.8) is 0 Å². The van der Waals surface area contributed by atoms with E-state index in [0.717, 1.165) is 24.3 Å². The van der Waals surface area contributed by atoms with Crippen LogP contribution >= 0.6 is 0 Å². The Hall–Kier alpha value is -2.20. The lowest BCUT2D eigenvalue weighted by Crippen LogP contribution is -2.21. The molecule has 2 aromatic rings. The number of benzene rings is 2. The molecule has 0 amide bonds. The van der Waals surface area contributed by atoms with Crippen molar-refractivity contribution < 1.29 is 31.3 Å². The highest BCUT2D eigenvalue weighted by Crippen LogP contribution is 2.30. The van der Waals surface area contributed by atoms with Gasteiger partial charge < -0.3 is 4.55 Å². The van der Waals surface area contributed by atoms with Gasteiger partial charge in [-0.15, -0.1) is 0 Å². The largest absolute Gasteiger partial charge is 0.302 e. The van der Waals surface area contributed by atoms with Gasteiger partial charge in [-0.25, -0.2) is 4.21 Å². The van der Waals surface area contributed by atoms with Crippen molar-refractivity contribution in [2.45, 2.75) is 9.79 Å². The van der Waals surface area contributed by atoms with Crippen LogP contribution < -0.4 is 0 Å². The monoisotopic (exact) mass is 352 g/mol. The molecule has 0 spiro atoms. The summed E-state index contributed by atoms with van der Waals surface area (Å²) in [6.07, 6.45) is 0. The van der Waals surface area contributed by atoms with Crippen molar-refractivity contribution in [1.82, 2.24) is 0 Å². The first-order chi connectivity index (χ1) is 10.7. The Morgan fingerprint density at radius 3 is 1.87 bits per heavy atom. The van der Waals surface area contributed by atoms with E-state index in [9.17, 15) is 22.2 Å². The van der Waals surface area contributed by atoms with E-state index in [1.54, 1.807) is 0 Å². The molecule has 7 nitrogen and oxygen atoms in total. The zero-order chi connectivity index (χ0) is 16.9. The number of carbonyl (C=O) groups is 2. The number of carbonyl (C=O) groups excluding carboxylic acids is 2. The summed E-state index contributed by atoms with van der Waals surface area (Å²) in [7, 11) is -4.51. The molecule has 0 saturated heterocycles. The summed E-state index contributed by atoms with van der Waals surface area (Å²) in [6.45, 7) is 0. The van der Waals surface area contributed by atoms with Crippen LogP contribution in [-0.2, 0) is 21.2 Å². The molecule has 1 atom stereocenters. The summed E-state index contributed by atoms with van der Waals surface area (Å²) in [5.74, 6) is -1.17. The highest BCUT2D eigenvalue weighted by Gasteiger charge is 2.31. The molecule has 0 saturated carbocycles. The molecular weight excluding hydrogens is 344 g/mol. The highest BCUT2D eigenvalue weighted by atomic mass is 32.2. The van der Waals surface area contributed by atoms with Gasteiger partial charge in [-0.3, -0.25) is 14.1 Å². The molecule has 1 aliphatic rings. The van der Waals surface area contributed by atoms with Crippen molar-refractivity contribution in [3.8, 4) is 0 Å². The zero-order valence-corrected chi connectivity index (χ0v) is 12.8. The Bertz CT molecular complexity index is 1010. The lowest BCUT2D eigenvalue weighted by Gasteiger charge is -2.18. The second kappa shape index (κ2) is 5.17. The highest BCUT2D eigenvalue weighted by molar-refractivity contribution is 7.85. The molecule has 23 heavy (non-hydrogen) atoms. The van der Waals surface area contributed by atoms with Gasteiger partial charge >= 0.3 is 0 Å². The molecule has 0 heterocycles. The third kappa shape index (κ3) is 2.53. The topological polar surface area (TPSA) is 126 Å². The van der Waals surface area contributed by atoms with Gasteiger partial charge in [0.05, 0.1) is 9.79 Å². The van der Waals surface area contributed by atoms with Crippen LogP contribution in [0.3, 0.4) is 0 Å². The second-order valence-electron chi connectivity index (χ2n) is 4.80. The van der Waals surface area contributed by atoms with Crippen LogP contribution in [-0.4, -0.2) is 33.3 Å². The maximum absolute atomic E-state index is 12.4. The zero-order valence-electron chi connectivity index (χ0n) is 11.2. The number of hydrogen-bond donors (Lipinski definition) is 2. The summed E-state index contributed by atoms with van der Waals surface area (Å²) in [6, 6.07) is 6.71. The molecule has 0 fully saturated rings. The summed E-state index contributed by atoms with van der Waals surface area (Å²) in [4.78, 5) is 24.4. The van der Waals surface area contributed by atoms with Gasteiger partial charge in [0, 0.05) is 22.3 Å². The van der Waals surface area contributed by atoms with Gasteiger partial charge in [0.15, 0.2) is 22.6 Å².